The Bertz CT molecular complexity index is 646. The molecule has 2 unspecified atom stereocenters. The molecule has 9 heteroatoms. The molecular weight excluding hydrogens is 475 g/mol. The highest BCUT2D eigenvalue weighted by molar-refractivity contribution is 14.0. The minimum Gasteiger partial charge on any atom is -0.459 e. The second kappa shape index (κ2) is 11.6. The number of rotatable bonds is 6. The first-order valence-corrected chi connectivity index (χ1v) is 9.70. The number of hydrogen-bond donors (Lipinski definition) is 2. The van der Waals surface area contributed by atoms with Gasteiger partial charge < -0.3 is 29.4 Å². The van der Waals surface area contributed by atoms with Crippen molar-refractivity contribution in [3.63, 3.8) is 0 Å². The third-order valence-electron chi connectivity index (χ3n) is 4.97. The zero-order valence-corrected chi connectivity index (χ0v) is 18.9. The highest BCUT2D eigenvalue weighted by atomic mass is 127. The molecule has 0 bridgehead atoms. The number of ether oxygens (including phenoxy) is 2. The predicted molar refractivity (Wildman–Crippen MR) is 117 cm³/mol. The SMILES string of the molecule is CN=C(NCCCNC(=O)c1occc1C)N1CCOC(C2CCCO2)C1.I. The summed E-state index contributed by atoms with van der Waals surface area (Å²) in [6.45, 7) is 6.29. The molecule has 1 aromatic rings. The Labute approximate surface area is 183 Å². The lowest BCUT2D eigenvalue weighted by Crippen LogP contribution is -2.53. The minimum atomic E-state index is -0.172. The van der Waals surface area contributed by atoms with Crippen molar-refractivity contribution in [3.8, 4) is 0 Å². The molecule has 2 N–H and O–H groups in total. The fraction of sp³-hybridized carbons (Fsp3) is 0.684. The van der Waals surface area contributed by atoms with E-state index in [1.54, 1.807) is 13.1 Å². The first kappa shape index (κ1) is 23.0. The van der Waals surface area contributed by atoms with Gasteiger partial charge in [0.15, 0.2) is 11.7 Å². The van der Waals surface area contributed by atoms with E-state index in [4.69, 9.17) is 13.9 Å². The summed E-state index contributed by atoms with van der Waals surface area (Å²) in [5.41, 5.74) is 0.846. The van der Waals surface area contributed by atoms with Crippen LogP contribution in [0.5, 0.6) is 0 Å². The lowest BCUT2D eigenvalue weighted by molar-refractivity contribution is -0.0816. The van der Waals surface area contributed by atoms with Gasteiger partial charge in [-0.05, 0) is 32.3 Å². The molecule has 1 amide bonds. The number of carbonyl (C=O) groups is 1. The molecule has 3 rings (SSSR count). The van der Waals surface area contributed by atoms with Crippen LogP contribution in [0.15, 0.2) is 21.7 Å². The highest BCUT2D eigenvalue weighted by Gasteiger charge is 2.32. The molecule has 0 aromatic carbocycles. The van der Waals surface area contributed by atoms with Crippen molar-refractivity contribution >= 4 is 35.8 Å². The number of morpholine rings is 1. The van der Waals surface area contributed by atoms with Gasteiger partial charge in [-0.2, -0.15) is 0 Å². The second-order valence-corrected chi connectivity index (χ2v) is 6.92. The van der Waals surface area contributed by atoms with E-state index in [-0.39, 0.29) is 42.1 Å². The van der Waals surface area contributed by atoms with E-state index in [0.717, 1.165) is 57.0 Å². The van der Waals surface area contributed by atoms with E-state index in [9.17, 15) is 4.79 Å². The Hall–Kier alpha value is -1.33. The van der Waals surface area contributed by atoms with E-state index in [0.29, 0.717) is 18.9 Å². The first-order valence-electron chi connectivity index (χ1n) is 9.70. The summed E-state index contributed by atoms with van der Waals surface area (Å²) in [4.78, 5) is 18.6. The number of nitrogens with one attached hydrogen (secondary N) is 2. The molecule has 3 heterocycles. The van der Waals surface area contributed by atoms with Crippen LogP contribution in [0, 0.1) is 6.92 Å². The van der Waals surface area contributed by atoms with Crippen LogP contribution >= 0.6 is 24.0 Å². The molecule has 8 nitrogen and oxygen atoms in total. The van der Waals surface area contributed by atoms with E-state index >= 15 is 0 Å². The molecule has 0 saturated carbocycles. The molecule has 0 spiro atoms. The average molecular weight is 506 g/mol. The van der Waals surface area contributed by atoms with Crippen molar-refractivity contribution in [2.24, 2.45) is 4.99 Å². The lowest BCUT2D eigenvalue weighted by atomic mass is 10.1. The molecule has 2 aliphatic heterocycles. The summed E-state index contributed by atoms with van der Waals surface area (Å²) in [5, 5.41) is 6.25. The molecule has 0 radical (unpaired) electrons. The Morgan fingerprint density at radius 3 is 2.71 bits per heavy atom. The minimum absolute atomic E-state index is 0. The van der Waals surface area contributed by atoms with Gasteiger partial charge in [0.1, 0.15) is 6.10 Å². The van der Waals surface area contributed by atoms with E-state index < -0.39 is 0 Å². The van der Waals surface area contributed by atoms with Gasteiger partial charge in [-0.3, -0.25) is 9.79 Å². The zero-order valence-electron chi connectivity index (χ0n) is 16.6. The molecule has 28 heavy (non-hydrogen) atoms. The quantitative estimate of drug-likeness (QED) is 0.265. The number of carbonyl (C=O) groups excluding carboxylic acids is 1. The summed E-state index contributed by atoms with van der Waals surface area (Å²) < 4.78 is 16.9. The van der Waals surface area contributed by atoms with Crippen molar-refractivity contribution in [2.75, 3.05) is 46.4 Å². The molecule has 158 valence electrons. The van der Waals surface area contributed by atoms with Gasteiger partial charge in [0.2, 0.25) is 0 Å². The highest BCUT2D eigenvalue weighted by Crippen LogP contribution is 2.21. The molecule has 2 atom stereocenters. The second-order valence-electron chi connectivity index (χ2n) is 6.92. The monoisotopic (exact) mass is 506 g/mol. The third kappa shape index (κ3) is 6.08. The van der Waals surface area contributed by atoms with Crippen LogP contribution in [0.3, 0.4) is 0 Å². The van der Waals surface area contributed by atoms with Gasteiger partial charge in [0, 0.05) is 45.4 Å². The van der Waals surface area contributed by atoms with Gasteiger partial charge in [-0.15, -0.1) is 24.0 Å². The fourth-order valence-electron chi connectivity index (χ4n) is 3.50. The van der Waals surface area contributed by atoms with Crippen LogP contribution in [-0.2, 0) is 9.47 Å². The Balaban J connectivity index is 0.00000280. The van der Waals surface area contributed by atoms with Crippen molar-refractivity contribution in [1.82, 2.24) is 15.5 Å². The number of guanidine groups is 1. The standard InChI is InChI=1S/C19H30N4O4.HI/c1-14-6-11-27-17(14)18(24)21-7-4-8-22-19(20-2)23-9-12-26-16(13-23)15-5-3-10-25-15;/h6,11,15-16H,3-5,7-10,12-13H2,1-2H3,(H,20,22)(H,21,24);1H. The number of aliphatic imine (C=N–C) groups is 1. The fourth-order valence-corrected chi connectivity index (χ4v) is 3.50. The number of hydrogen-bond acceptors (Lipinski definition) is 5. The van der Waals surface area contributed by atoms with Crippen molar-refractivity contribution in [1.29, 1.82) is 0 Å². The number of aryl methyl sites for hydroxylation is 1. The molecule has 2 saturated heterocycles. The van der Waals surface area contributed by atoms with Crippen LogP contribution in [-0.4, -0.2) is 75.4 Å². The third-order valence-corrected chi connectivity index (χ3v) is 4.97. The molecule has 2 fully saturated rings. The summed E-state index contributed by atoms with van der Waals surface area (Å²) in [6.07, 6.45) is 4.81. The van der Waals surface area contributed by atoms with Crippen molar-refractivity contribution in [2.45, 2.75) is 38.4 Å². The van der Waals surface area contributed by atoms with Crippen LogP contribution in [0.25, 0.3) is 0 Å². The topological polar surface area (TPSA) is 88.3 Å². The van der Waals surface area contributed by atoms with Gasteiger partial charge in [-0.25, -0.2) is 0 Å². The number of halogens is 1. The predicted octanol–water partition coefficient (Wildman–Crippen LogP) is 1.78. The molecule has 1 aromatic heterocycles. The van der Waals surface area contributed by atoms with Crippen LogP contribution in [0.2, 0.25) is 0 Å². The van der Waals surface area contributed by atoms with Gasteiger partial charge in [0.05, 0.1) is 19.0 Å². The molecular formula is C19H31IN4O4. The van der Waals surface area contributed by atoms with E-state index in [1.165, 1.54) is 6.26 Å². The van der Waals surface area contributed by atoms with Gasteiger partial charge >= 0.3 is 0 Å². The van der Waals surface area contributed by atoms with Crippen LogP contribution in [0.1, 0.15) is 35.4 Å². The smallest absolute Gasteiger partial charge is 0.287 e. The number of amides is 1. The maximum absolute atomic E-state index is 12.0. The van der Waals surface area contributed by atoms with E-state index in [2.05, 4.69) is 20.5 Å². The maximum atomic E-state index is 12.0. The van der Waals surface area contributed by atoms with Crippen LogP contribution in [0.4, 0.5) is 0 Å². The maximum Gasteiger partial charge on any atom is 0.287 e. The normalized spacial score (nSPS) is 22.6. The summed E-state index contributed by atoms with van der Waals surface area (Å²) in [5.74, 6) is 1.08. The molecule has 2 aliphatic rings. The average Bonchev–Trinajstić information content (AvgIpc) is 3.36. The summed E-state index contributed by atoms with van der Waals surface area (Å²) in [7, 11) is 1.79. The van der Waals surface area contributed by atoms with Crippen molar-refractivity contribution < 1.29 is 18.7 Å². The van der Waals surface area contributed by atoms with E-state index in [1.807, 2.05) is 6.92 Å². The Morgan fingerprint density at radius 1 is 1.25 bits per heavy atom. The zero-order chi connectivity index (χ0) is 19.1. The van der Waals surface area contributed by atoms with Gasteiger partial charge in [-0.1, -0.05) is 0 Å². The summed E-state index contributed by atoms with van der Waals surface area (Å²) >= 11 is 0. The number of nitrogens with zero attached hydrogens (tertiary/aromatic N) is 2. The largest absolute Gasteiger partial charge is 0.459 e. The van der Waals surface area contributed by atoms with Gasteiger partial charge in [0.25, 0.3) is 5.91 Å². The number of furan rings is 1. The summed E-state index contributed by atoms with van der Waals surface area (Å²) in [6, 6.07) is 1.78. The first-order chi connectivity index (χ1) is 13.2. The Kier molecular flexibility index (Phi) is 9.52. The molecule has 0 aliphatic carbocycles. The van der Waals surface area contributed by atoms with Crippen molar-refractivity contribution in [3.05, 3.63) is 23.7 Å². The van der Waals surface area contributed by atoms with Crippen LogP contribution < -0.4 is 10.6 Å². The Morgan fingerprint density at radius 2 is 2.04 bits per heavy atom. The lowest BCUT2D eigenvalue weighted by Gasteiger charge is -2.37.